The van der Waals surface area contributed by atoms with Crippen LogP contribution >= 0.6 is 0 Å². The lowest BCUT2D eigenvalue weighted by atomic mass is 10.1. The van der Waals surface area contributed by atoms with Gasteiger partial charge in [-0.25, -0.2) is 0 Å². The highest BCUT2D eigenvalue weighted by Crippen LogP contribution is 2.22. The summed E-state index contributed by atoms with van der Waals surface area (Å²) < 4.78 is 7.08. The number of nitrogens with two attached hydrogens (primary N) is 1. The van der Waals surface area contributed by atoms with E-state index in [9.17, 15) is 0 Å². The lowest BCUT2D eigenvalue weighted by molar-refractivity contribution is 0.213. The molecule has 0 spiro atoms. The van der Waals surface area contributed by atoms with Gasteiger partial charge in [-0.1, -0.05) is 11.6 Å². The Morgan fingerprint density at radius 2 is 2.10 bits per heavy atom. The van der Waals surface area contributed by atoms with Crippen LogP contribution < -0.4 is 5.73 Å². The van der Waals surface area contributed by atoms with Gasteiger partial charge in [-0.3, -0.25) is 4.68 Å². The molecule has 0 saturated carbocycles. The Kier molecular flexibility index (Phi) is 4.03. The first kappa shape index (κ1) is 14.2. The molecular formula is C14H22N6O. The lowest BCUT2D eigenvalue weighted by Crippen LogP contribution is -2.36. The highest BCUT2D eigenvalue weighted by Gasteiger charge is 2.21. The maximum atomic E-state index is 6.21. The summed E-state index contributed by atoms with van der Waals surface area (Å²) in [6, 6.07) is -0.211. The summed E-state index contributed by atoms with van der Waals surface area (Å²) >= 11 is 0. The van der Waals surface area contributed by atoms with Gasteiger partial charge in [-0.15, -0.1) is 0 Å². The molecule has 0 radical (unpaired) electrons. The summed E-state index contributed by atoms with van der Waals surface area (Å²) in [4.78, 5) is 6.81. The van der Waals surface area contributed by atoms with Gasteiger partial charge in [0.15, 0.2) is 5.82 Å². The molecule has 114 valence electrons. The lowest BCUT2D eigenvalue weighted by Gasteiger charge is -2.27. The van der Waals surface area contributed by atoms with Crippen LogP contribution in [0.15, 0.2) is 10.7 Å². The molecule has 0 bridgehead atoms. The van der Waals surface area contributed by atoms with Gasteiger partial charge in [-0.2, -0.15) is 10.1 Å². The van der Waals surface area contributed by atoms with E-state index < -0.39 is 0 Å². The maximum absolute atomic E-state index is 6.21. The topological polar surface area (TPSA) is 86.0 Å². The van der Waals surface area contributed by atoms with Crippen LogP contribution in [-0.2, 0) is 7.05 Å². The van der Waals surface area contributed by atoms with Crippen molar-refractivity contribution < 1.29 is 4.52 Å². The van der Waals surface area contributed by atoms with Gasteiger partial charge in [0.25, 0.3) is 5.89 Å². The van der Waals surface area contributed by atoms with Crippen molar-refractivity contribution in [1.29, 1.82) is 0 Å². The quantitative estimate of drug-likeness (QED) is 0.912. The zero-order valence-electron chi connectivity index (χ0n) is 12.6. The molecule has 1 saturated heterocycles. The number of rotatable bonds is 4. The van der Waals surface area contributed by atoms with Crippen molar-refractivity contribution in [2.24, 2.45) is 12.8 Å². The van der Waals surface area contributed by atoms with Crippen LogP contribution in [0, 0.1) is 6.92 Å². The van der Waals surface area contributed by atoms with Crippen LogP contribution in [0.3, 0.4) is 0 Å². The first-order chi connectivity index (χ1) is 10.1. The second-order valence-corrected chi connectivity index (χ2v) is 5.73. The molecule has 0 aromatic carbocycles. The van der Waals surface area contributed by atoms with Crippen LogP contribution in [0.2, 0.25) is 0 Å². The van der Waals surface area contributed by atoms with Gasteiger partial charge >= 0.3 is 0 Å². The van der Waals surface area contributed by atoms with E-state index in [2.05, 4.69) is 20.1 Å². The molecule has 1 aliphatic heterocycles. The average Bonchev–Trinajstić information content (AvgIpc) is 3.06. The van der Waals surface area contributed by atoms with E-state index in [4.69, 9.17) is 10.3 Å². The molecular weight excluding hydrogens is 268 g/mol. The van der Waals surface area contributed by atoms with Gasteiger partial charge in [0, 0.05) is 19.8 Å². The van der Waals surface area contributed by atoms with Crippen molar-refractivity contribution in [2.75, 3.05) is 19.6 Å². The van der Waals surface area contributed by atoms with Gasteiger partial charge in [0.1, 0.15) is 0 Å². The third kappa shape index (κ3) is 3.14. The van der Waals surface area contributed by atoms with Gasteiger partial charge in [-0.05, 0) is 32.9 Å². The Hall–Kier alpha value is -1.73. The summed E-state index contributed by atoms with van der Waals surface area (Å²) in [5.74, 6) is 1.06. The highest BCUT2D eigenvalue weighted by atomic mass is 16.5. The molecule has 2 N–H and O–H groups in total. The van der Waals surface area contributed by atoms with Crippen molar-refractivity contribution in [1.82, 2.24) is 24.8 Å². The molecule has 2 aromatic rings. The number of hydrogen-bond acceptors (Lipinski definition) is 6. The molecule has 1 aliphatic rings. The Labute approximate surface area is 124 Å². The smallest absolute Gasteiger partial charge is 0.261 e. The van der Waals surface area contributed by atoms with E-state index in [1.807, 2.05) is 20.2 Å². The van der Waals surface area contributed by atoms with E-state index >= 15 is 0 Å². The highest BCUT2D eigenvalue weighted by molar-refractivity contribution is 5.54. The largest absolute Gasteiger partial charge is 0.334 e. The fourth-order valence-corrected chi connectivity index (χ4v) is 2.81. The Morgan fingerprint density at radius 3 is 2.76 bits per heavy atom. The van der Waals surface area contributed by atoms with Crippen LogP contribution in [0.25, 0.3) is 11.5 Å². The summed E-state index contributed by atoms with van der Waals surface area (Å²) in [6.45, 7) is 4.93. The Morgan fingerprint density at radius 1 is 1.33 bits per heavy atom. The fourth-order valence-electron chi connectivity index (χ4n) is 2.81. The number of likely N-dealkylation sites (tertiary alicyclic amines) is 1. The minimum Gasteiger partial charge on any atom is -0.334 e. The SMILES string of the molecule is Cc1nn(C)cc1-c1nc(C(N)CN2CCCCC2)no1. The predicted octanol–water partition coefficient (Wildman–Crippen LogP) is 1.26. The molecule has 0 amide bonds. The number of aromatic nitrogens is 4. The molecule has 3 rings (SSSR count). The van der Waals surface area contributed by atoms with Crippen molar-refractivity contribution in [2.45, 2.75) is 32.2 Å². The maximum Gasteiger partial charge on any atom is 0.261 e. The molecule has 7 heteroatoms. The van der Waals surface area contributed by atoms with E-state index in [1.165, 1.54) is 19.3 Å². The molecule has 1 atom stereocenters. The first-order valence-corrected chi connectivity index (χ1v) is 7.45. The fraction of sp³-hybridized carbons (Fsp3) is 0.643. The Bertz CT molecular complexity index is 598. The average molecular weight is 290 g/mol. The monoisotopic (exact) mass is 290 g/mol. The van der Waals surface area contributed by atoms with Crippen molar-refractivity contribution >= 4 is 0 Å². The van der Waals surface area contributed by atoms with Crippen LogP contribution in [0.1, 0.15) is 36.8 Å². The minimum absolute atomic E-state index is 0.211. The number of piperidine rings is 1. The van der Waals surface area contributed by atoms with E-state index in [0.717, 1.165) is 30.9 Å². The molecule has 1 unspecified atom stereocenters. The van der Waals surface area contributed by atoms with Crippen molar-refractivity contribution in [3.8, 4) is 11.5 Å². The molecule has 21 heavy (non-hydrogen) atoms. The number of nitrogens with zero attached hydrogens (tertiary/aromatic N) is 5. The second kappa shape index (κ2) is 5.95. The number of aryl methyl sites for hydroxylation is 2. The van der Waals surface area contributed by atoms with Crippen molar-refractivity contribution in [3.05, 3.63) is 17.7 Å². The summed E-state index contributed by atoms with van der Waals surface area (Å²) in [5.41, 5.74) is 7.95. The summed E-state index contributed by atoms with van der Waals surface area (Å²) in [5, 5.41) is 8.32. The number of hydrogen-bond donors (Lipinski definition) is 1. The van der Waals surface area contributed by atoms with Gasteiger partial charge in [0.2, 0.25) is 0 Å². The second-order valence-electron chi connectivity index (χ2n) is 5.73. The zero-order valence-corrected chi connectivity index (χ0v) is 12.6. The van der Waals surface area contributed by atoms with Crippen LogP contribution in [-0.4, -0.2) is 44.5 Å². The standard InChI is InChI=1S/C14H22N6O/c1-10-11(8-19(2)17-10)14-16-13(18-21-14)12(15)9-20-6-4-3-5-7-20/h8,12H,3-7,9,15H2,1-2H3. The zero-order chi connectivity index (χ0) is 14.8. The third-order valence-electron chi connectivity index (χ3n) is 3.92. The first-order valence-electron chi connectivity index (χ1n) is 7.45. The third-order valence-corrected chi connectivity index (χ3v) is 3.92. The van der Waals surface area contributed by atoms with Crippen LogP contribution in [0.4, 0.5) is 0 Å². The minimum atomic E-state index is -0.211. The summed E-state index contributed by atoms with van der Waals surface area (Å²) in [6.07, 6.45) is 5.69. The normalized spacial score (nSPS) is 18.0. The van der Waals surface area contributed by atoms with Gasteiger partial charge in [0.05, 0.1) is 17.3 Å². The molecule has 1 fully saturated rings. The molecule has 7 nitrogen and oxygen atoms in total. The van der Waals surface area contributed by atoms with Gasteiger partial charge < -0.3 is 15.2 Å². The predicted molar refractivity (Wildman–Crippen MR) is 78.5 cm³/mol. The van der Waals surface area contributed by atoms with E-state index in [0.29, 0.717) is 11.7 Å². The van der Waals surface area contributed by atoms with Crippen LogP contribution in [0.5, 0.6) is 0 Å². The molecule has 0 aliphatic carbocycles. The Balaban J connectivity index is 1.70. The van der Waals surface area contributed by atoms with E-state index in [-0.39, 0.29) is 6.04 Å². The van der Waals surface area contributed by atoms with Crippen molar-refractivity contribution in [3.63, 3.8) is 0 Å². The van der Waals surface area contributed by atoms with E-state index in [1.54, 1.807) is 4.68 Å². The molecule has 3 heterocycles. The summed E-state index contributed by atoms with van der Waals surface area (Å²) in [7, 11) is 1.87. The molecule has 2 aromatic heterocycles.